The molecule has 1 aromatic rings. The van der Waals surface area contributed by atoms with Crippen molar-refractivity contribution in [3.8, 4) is 0 Å². The Morgan fingerprint density at radius 2 is 1.92 bits per heavy atom. The Bertz CT molecular complexity index is 633. The molecule has 7 nitrogen and oxygen atoms in total. The Labute approximate surface area is 160 Å². The van der Waals surface area contributed by atoms with E-state index in [0.717, 1.165) is 43.7 Å². The number of aromatic nitrogens is 2. The molecule has 1 aliphatic carbocycles. The van der Waals surface area contributed by atoms with Gasteiger partial charge in [-0.15, -0.1) is 0 Å². The largest absolute Gasteiger partial charge is 0.376 e. The molecule has 1 saturated carbocycles. The molecule has 2 aliphatic rings. The summed E-state index contributed by atoms with van der Waals surface area (Å²) in [5.74, 6) is 1.07. The highest BCUT2D eigenvalue weighted by molar-refractivity contribution is 7.80. The van der Waals surface area contributed by atoms with E-state index >= 15 is 0 Å². The van der Waals surface area contributed by atoms with E-state index in [1.807, 2.05) is 19.9 Å². The van der Waals surface area contributed by atoms with Crippen molar-refractivity contribution in [2.24, 2.45) is 4.99 Å². The topological polar surface area (TPSA) is 83.5 Å². The summed E-state index contributed by atoms with van der Waals surface area (Å²) in [5.41, 5.74) is 1.82. The molecule has 3 rings (SSSR count). The molecule has 2 heterocycles. The normalized spacial score (nSPS) is 21.0. The fraction of sp³-hybridized carbons (Fsp3) is 0.667. The minimum atomic E-state index is 0.171. The zero-order valence-electron chi connectivity index (χ0n) is 15.5. The number of anilines is 1. The molecule has 0 radical (unpaired) electrons. The van der Waals surface area contributed by atoms with E-state index in [4.69, 9.17) is 17.0 Å². The van der Waals surface area contributed by atoms with Crippen LogP contribution in [0.15, 0.2) is 11.1 Å². The van der Waals surface area contributed by atoms with Crippen LogP contribution in [0.2, 0.25) is 0 Å². The minimum absolute atomic E-state index is 0.171. The molecule has 1 aliphatic heterocycles. The average molecular weight is 377 g/mol. The summed E-state index contributed by atoms with van der Waals surface area (Å²) < 4.78 is 5.66. The number of guanidine groups is 1. The van der Waals surface area contributed by atoms with Gasteiger partial charge in [-0.1, -0.05) is 12.8 Å². The van der Waals surface area contributed by atoms with Gasteiger partial charge in [-0.25, -0.2) is 15.0 Å². The van der Waals surface area contributed by atoms with Crippen molar-refractivity contribution >= 4 is 29.2 Å². The first-order chi connectivity index (χ1) is 12.6. The van der Waals surface area contributed by atoms with Gasteiger partial charge < -0.3 is 15.4 Å². The molecular formula is C18H28N6OS. The molecule has 3 N–H and O–H groups in total. The van der Waals surface area contributed by atoms with E-state index < -0.39 is 0 Å². The molecule has 142 valence electrons. The molecule has 0 amide bonds. The highest BCUT2D eigenvalue weighted by Gasteiger charge is 2.18. The van der Waals surface area contributed by atoms with Crippen molar-refractivity contribution < 1.29 is 4.74 Å². The molecule has 8 heteroatoms. The van der Waals surface area contributed by atoms with Gasteiger partial charge in [0, 0.05) is 24.0 Å². The smallest absolute Gasteiger partial charge is 0.229 e. The van der Waals surface area contributed by atoms with Gasteiger partial charge in [0.05, 0.1) is 12.6 Å². The van der Waals surface area contributed by atoms with Crippen LogP contribution in [-0.2, 0) is 4.74 Å². The number of aryl methyl sites for hydroxylation is 2. The maximum Gasteiger partial charge on any atom is 0.229 e. The van der Waals surface area contributed by atoms with Crippen LogP contribution in [-0.4, -0.2) is 46.3 Å². The molecule has 0 unspecified atom stereocenters. The van der Waals surface area contributed by atoms with Gasteiger partial charge in [0.1, 0.15) is 0 Å². The van der Waals surface area contributed by atoms with E-state index in [2.05, 4.69) is 30.9 Å². The molecule has 1 atom stereocenters. The van der Waals surface area contributed by atoms with Crippen LogP contribution < -0.4 is 16.0 Å². The van der Waals surface area contributed by atoms with Crippen molar-refractivity contribution in [2.75, 3.05) is 18.5 Å². The first-order valence-electron chi connectivity index (χ1n) is 9.41. The highest BCUT2D eigenvalue weighted by atomic mass is 32.1. The highest BCUT2D eigenvalue weighted by Crippen LogP contribution is 2.17. The Kier molecular flexibility index (Phi) is 6.73. The van der Waals surface area contributed by atoms with Gasteiger partial charge in [-0.3, -0.25) is 5.32 Å². The lowest BCUT2D eigenvalue weighted by atomic mass is 10.2. The SMILES string of the molecule is Cc1cc(C)nc(NC(=NC[C@@H]2CCCO2)NC(=S)NC2CCCC2)n1. The second-order valence-corrected chi connectivity index (χ2v) is 7.41. The number of hydrogen-bond donors (Lipinski definition) is 3. The predicted octanol–water partition coefficient (Wildman–Crippen LogP) is 2.45. The van der Waals surface area contributed by atoms with Crippen LogP contribution in [0.25, 0.3) is 0 Å². The van der Waals surface area contributed by atoms with Crippen LogP contribution in [0.1, 0.15) is 49.9 Å². The van der Waals surface area contributed by atoms with Crippen molar-refractivity contribution in [3.05, 3.63) is 17.5 Å². The summed E-state index contributed by atoms with van der Waals surface area (Å²) in [5, 5.41) is 10.3. The molecule has 26 heavy (non-hydrogen) atoms. The molecule has 0 aromatic carbocycles. The number of thiocarbonyl (C=S) groups is 1. The first kappa shape index (κ1) is 19.0. The van der Waals surface area contributed by atoms with Crippen LogP contribution in [0.3, 0.4) is 0 Å². The quantitative estimate of drug-likeness (QED) is 0.423. The lowest BCUT2D eigenvalue weighted by Gasteiger charge is -2.18. The summed E-state index contributed by atoms with van der Waals surface area (Å²) in [6.45, 7) is 5.30. The molecule has 0 bridgehead atoms. The monoisotopic (exact) mass is 376 g/mol. The van der Waals surface area contributed by atoms with Crippen molar-refractivity contribution in [3.63, 3.8) is 0 Å². The third kappa shape index (κ3) is 5.88. The van der Waals surface area contributed by atoms with E-state index in [-0.39, 0.29) is 6.10 Å². The fourth-order valence-corrected chi connectivity index (χ4v) is 3.64. The van der Waals surface area contributed by atoms with Crippen LogP contribution in [0.4, 0.5) is 5.95 Å². The van der Waals surface area contributed by atoms with Crippen LogP contribution in [0, 0.1) is 13.8 Å². The lowest BCUT2D eigenvalue weighted by molar-refractivity contribution is 0.118. The standard InChI is InChI=1S/C18H28N6OS/c1-12-10-13(2)21-17(20-12)23-16(19-11-15-8-5-9-25-15)24-18(26)22-14-6-3-4-7-14/h10,14-15H,3-9,11H2,1-2H3,(H3,19,20,21,22,23,24,26)/t15-/m0/s1. The molecular weight excluding hydrogens is 348 g/mol. The number of aliphatic imine (C=N–C) groups is 1. The Morgan fingerprint density at radius 3 is 2.58 bits per heavy atom. The lowest BCUT2D eigenvalue weighted by Crippen LogP contribution is -2.46. The first-order valence-corrected chi connectivity index (χ1v) is 9.82. The van der Waals surface area contributed by atoms with E-state index in [1.165, 1.54) is 12.8 Å². The van der Waals surface area contributed by atoms with Crippen molar-refractivity contribution in [2.45, 2.75) is 64.5 Å². The van der Waals surface area contributed by atoms with Gasteiger partial charge >= 0.3 is 0 Å². The molecule has 0 spiro atoms. The van der Waals surface area contributed by atoms with Gasteiger partial charge in [0.15, 0.2) is 5.11 Å². The van der Waals surface area contributed by atoms with Crippen molar-refractivity contribution in [1.82, 2.24) is 20.6 Å². The molecule has 2 fully saturated rings. The third-order valence-electron chi connectivity index (χ3n) is 4.61. The van der Waals surface area contributed by atoms with Crippen LogP contribution >= 0.6 is 12.2 Å². The summed E-state index contributed by atoms with van der Waals surface area (Å²) in [6.07, 6.45) is 7.16. The number of ether oxygens (including phenoxy) is 1. The van der Waals surface area contributed by atoms with Crippen LogP contribution in [0.5, 0.6) is 0 Å². The van der Waals surface area contributed by atoms with Gasteiger partial charge in [0.2, 0.25) is 11.9 Å². The van der Waals surface area contributed by atoms with Gasteiger partial charge in [-0.05, 0) is 57.8 Å². The zero-order chi connectivity index (χ0) is 18.4. The maximum atomic E-state index is 5.66. The summed E-state index contributed by atoms with van der Waals surface area (Å²) in [4.78, 5) is 13.5. The van der Waals surface area contributed by atoms with Gasteiger partial charge in [0.25, 0.3) is 0 Å². The zero-order valence-corrected chi connectivity index (χ0v) is 16.4. The molecule has 1 aromatic heterocycles. The Balaban J connectivity index is 1.65. The second-order valence-electron chi connectivity index (χ2n) is 7.00. The van der Waals surface area contributed by atoms with E-state index in [0.29, 0.717) is 29.6 Å². The number of nitrogens with zero attached hydrogens (tertiary/aromatic N) is 3. The Hall–Kier alpha value is -1.80. The Morgan fingerprint density at radius 1 is 1.19 bits per heavy atom. The predicted molar refractivity (Wildman–Crippen MR) is 108 cm³/mol. The van der Waals surface area contributed by atoms with E-state index in [1.54, 1.807) is 0 Å². The summed E-state index contributed by atoms with van der Waals surface area (Å²) >= 11 is 5.47. The van der Waals surface area contributed by atoms with Gasteiger partial charge in [-0.2, -0.15) is 0 Å². The maximum absolute atomic E-state index is 5.66. The fourth-order valence-electron chi connectivity index (χ4n) is 3.38. The summed E-state index contributed by atoms with van der Waals surface area (Å²) in [6, 6.07) is 2.39. The number of hydrogen-bond acceptors (Lipinski definition) is 5. The van der Waals surface area contributed by atoms with Crippen molar-refractivity contribution in [1.29, 1.82) is 0 Å². The summed E-state index contributed by atoms with van der Waals surface area (Å²) in [7, 11) is 0. The molecule has 1 saturated heterocycles. The number of rotatable bonds is 4. The third-order valence-corrected chi connectivity index (χ3v) is 4.83. The second kappa shape index (κ2) is 9.23. The number of nitrogens with one attached hydrogen (secondary N) is 3. The van der Waals surface area contributed by atoms with E-state index in [9.17, 15) is 0 Å². The minimum Gasteiger partial charge on any atom is -0.376 e. The average Bonchev–Trinajstić information content (AvgIpc) is 3.25.